The zero-order chi connectivity index (χ0) is 24.3. The lowest BCUT2D eigenvalue weighted by atomic mass is 9.64. The van der Waals surface area contributed by atoms with Gasteiger partial charge in [-0.25, -0.2) is 0 Å². The van der Waals surface area contributed by atoms with Gasteiger partial charge < -0.3 is 13.9 Å². The van der Waals surface area contributed by atoms with E-state index in [-0.39, 0.29) is 22.9 Å². The van der Waals surface area contributed by atoms with Gasteiger partial charge in [-0.15, -0.1) is 0 Å². The molecule has 1 saturated carbocycles. The Balaban J connectivity index is 1.81. The summed E-state index contributed by atoms with van der Waals surface area (Å²) in [4.78, 5) is 13.1. The first-order chi connectivity index (χ1) is 15.8. The van der Waals surface area contributed by atoms with Gasteiger partial charge in [-0.2, -0.15) is 0 Å². The fourth-order valence-corrected chi connectivity index (χ4v) is 9.74. The van der Waals surface area contributed by atoms with Crippen molar-refractivity contribution in [1.29, 1.82) is 0 Å². The summed E-state index contributed by atoms with van der Waals surface area (Å²) >= 11 is 0. The molecule has 3 rings (SSSR count). The molecule has 188 valence electrons. The Bertz CT molecular complexity index is 728. The van der Waals surface area contributed by atoms with Crippen LogP contribution in [0.2, 0.25) is 18.1 Å². The first kappa shape index (κ1) is 26.7. The Hall–Kier alpha value is -0.913. The Morgan fingerprint density at radius 1 is 1.21 bits per heavy atom. The molecule has 1 saturated heterocycles. The molecule has 5 heteroatoms. The van der Waals surface area contributed by atoms with Gasteiger partial charge in [0.15, 0.2) is 8.32 Å². The third-order valence-electron chi connectivity index (χ3n) is 9.33. The summed E-state index contributed by atoms with van der Waals surface area (Å²) in [5.74, 6) is 0.239. The molecule has 0 aromatic heterocycles. The van der Waals surface area contributed by atoms with Crippen LogP contribution >= 0.6 is 0 Å². The molecule has 0 bridgehead atoms. The molecular weight excluding hydrogens is 428 g/mol. The maximum atomic E-state index is 13.1. The number of fused-ring (bicyclic) bond motifs is 3. The molecular formula is C28H48O4Si. The number of epoxide rings is 1. The van der Waals surface area contributed by atoms with E-state index in [0.717, 1.165) is 50.2 Å². The van der Waals surface area contributed by atoms with Gasteiger partial charge in [-0.3, -0.25) is 4.79 Å². The summed E-state index contributed by atoms with van der Waals surface area (Å²) in [6, 6.07) is 3.45. The largest absolute Gasteiger partial charge is 0.466 e. The zero-order valence-electron chi connectivity index (χ0n) is 22.2. The van der Waals surface area contributed by atoms with Gasteiger partial charge in [0.2, 0.25) is 0 Å². The van der Waals surface area contributed by atoms with E-state index in [1.54, 1.807) is 0 Å². The Labute approximate surface area is 203 Å². The van der Waals surface area contributed by atoms with Crippen LogP contribution in [0.1, 0.15) is 87.0 Å². The SMILES string of the molecule is CCOC(=O)[C@@H](C/C=C/C(CC)(CC)O[Si](CC)(CC)CC)C1=CC[C@H]2[C@H]3O[C@H]3CC[C@]12C. The van der Waals surface area contributed by atoms with Gasteiger partial charge in [-0.1, -0.05) is 65.3 Å². The third-order valence-corrected chi connectivity index (χ3v) is 14.0. The molecule has 5 atom stereocenters. The molecule has 0 N–H and O–H groups in total. The van der Waals surface area contributed by atoms with Crippen molar-refractivity contribution >= 4 is 14.3 Å². The molecule has 0 aromatic rings. The van der Waals surface area contributed by atoms with Crippen molar-refractivity contribution in [3.63, 3.8) is 0 Å². The van der Waals surface area contributed by atoms with Crippen LogP contribution in [0.3, 0.4) is 0 Å². The first-order valence-corrected chi connectivity index (χ1v) is 16.2. The highest BCUT2D eigenvalue weighted by Crippen LogP contribution is 2.60. The average molecular weight is 477 g/mol. The number of carbonyl (C=O) groups is 1. The van der Waals surface area contributed by atoms with E-state index in [9.17, 15) is 4.79 Å². The minimum absolute atomic E-state index is 0.0563. The quantitative estimate of drug-likeness (QED) is 0.122. The highest BCUT2D eigenvalue weighted by atomic mass is 28.4. The lowest BCUT2D eigenvalue weighted by molar-refractivity contribution is -0.147. The maximum Gasteiger partial charge on any atom is 0.313 e. The highest BCUT2D eigenvalue weighted by Gasteiger charge is 2.59. The van der Waals surface area contributed by atoms with Crippen molar-refractivity contribution in [1.82, 2.24) is 0 Å². The van der Waals surface area contributed by atoms with Crippen LogP contribution in [0.4, 0.5) is 0 Å². The van der Waals surface area contributed by atoms with Gasteiger partial charge in [0.05, 0.1) is 30.3 Å². The second kappa shape index (κ2) is 10.8. The lowest BCUT2D eigenvalue weighted by Gasteiger charge is -2.40. The van der Waals surface area contributed by atoms with Crippen LogP contribution in [-0.4, -0.2) is 38.7 Å². The van der Waals surface area contributed by atoms with E-state index >= 15 is 0 Å². The molecule has 0 spiro atoms. The first-order valence-electron chi connectivity index (χ1n) is 13.7. The summed E-state index contributed by atoms with van der Waals surface area (Å²) < 4.78 is 18.5. The van der Waals surface area contributed by atoms with Crippen LogP contribution in [0.25, 0.3) is 0 Å². The molecule has 33 heavy (non-hydrogen) atoms. The fraction of sp³-hybridized carbons (Fsp3) is 0.821. The predicted octanol–water partition coefficient (Wildman–Crippen LogP) is 7.21. The number of esters is 1. The minimum atomic E-state index is -1.74. The van der Waals surface area contributed by atoms with E-state index in [1.165, 1.54) is 5.57 Å². The second-order valence-electron chi connectivity index (χ2n) is 10.7. The number of hydrogen-bond donors (Lipinski definition) is 0. The van der Waals surface area contributed by atoms with Crippen molar-refractivity contribution in [2.24, 2.45) is 17.3 Å². The van der Waals surface area contributed by atoms with E-state index in [0.29, 0.717) is 31.2 Å². The molecule has 0 amide bonds. The van der Waals surface area contributed by atoms with Crippen molar-refractivity contribution in [2.45, 2.75) is 123 Å². The normalized spacial score (nSPS) is 30.0. The minimum Gasteiger partial charge on any atom is -0.466 e. The standard InChI is InChI=1S/C28H48O4Si/c1-8-28(9-2,32-33(11-4,12-5)13-6)19-14-15-21(26(29)30-10-3)22-16-17-23-25-24(31-25)18-20-27(22,23)7/h14,16,19,21,23-25H,8-13,15,17-18,20H2,1-7H3/b19-14+/t21-,23-,24-,25+,27+/m0/s1. The smallest absolute Gasteiger partial charge is 0.313 e. The average Bonchev–Trinajstić information content (AvgIpc) is 3.54. The van der Waals surface area contributed by atoms with Crippen molar-refractivity contribution in [2.75, 3.05) is 6.61 Å². The third kappa shape index (κ3) is 5.20. The van der Waals surface area contributed by atoms with Gasteiger partial charge >= 0.3 is 5.97 Å². The van der Waals surface area contributed by atoms with Crippen LogP contribution in [0.5, 0.6) is 0 Å². The van der Waals surface area contributed by atoms with Crippen LogP contribution in [0.15, 0.2) is 23.8 Å². The molecule has 1 heterocycles. The number of allylic oxidation sites excluding steroid dienone is 2. The number of carbonyl (C=O) groups excluding carboxylic acids is 1. The van der Waals surface area contributed by atoms with Crippen molar-refractivity contribution in [3.05, 3.63) is 23.8 Å². The van der Waals surface area contributed by atoms with E-state index in [4.69, 9.17) is 13.9 Å². The van der Waals surface area contributed by atoms with Crippen molar-refractivity contribution < 1.29 is 18.7 Å². The number of hydrogen-bond acceptors (Lipinski definition) is 4. The fourth-order valence-electron chi connectivity index (χ4n) is 6.59. The van der Waals surface area contributed by atoms with E-state index < -0.39 is 8.32 Å². The van der Waals surface area contributed by atoms with Gasteiger partial charge in [0.25, 0.3) is 0 Å². The summed E-state index contributed by atoms with van der Waals surface area (Å²) in [5.41, 5.74) is 1.12. The Morgan fingerprint density at radius 2 is 1.88 bits per heavy atom. The Kier molecular flexibility index (Phi) is 8.72. The van der Waals surface area contributed by atoms with E-state index in [2.05, 4.69) is 59.8 Å². The molecule has 3 aliphatic rings. The predicted molar refractivity (Wildman–Crippen MR) is 138 cm³/mol. The number of ether oxygens (including phenoxy) is 2. The molecule has 1 aliphatic heterocycles. The maximum absolute atomic E-state index is 13.1. The van der Waals surface area contributed by atoms with Gasteiger partial charge in [0.1, 0.15) is 0 Å². The molecule has 0 unspecified atom stereocenters. The van der Waals surface area contributed by atoms with E-state index in [1.807, 2.05) is 6.92 Å². The van der Waals surface area contributed by atoms with Gasteiger partial charge in [-0.05, 0) is 69.0 Å². The summed E-state index contributed by atoms with van der Waals surface area (Å²) in [5, 5.41) is 0. The topological polar surface area (TPSA) is 48.1 Å². The van der Waals surface area contributed by atoms with Crippen LogP contribution in [0, 0.1) is 17.3 Å². The number of rotatable bonds is 13. The summed E-state index contributed by atoms with van der Waals surface area (Å²) in [7, 11) is -1.74. The summed E-state index contributed by atoms with van der Waals surface area (Å²) in [6.45, 7) is 16.0. The molecule has 0 aromatic carbocycles. The Morgan fingerprint density at radius 3 is 2.45 bits per heavy atom. The second-order valence-corrected chi connectivity index (χ2v) is 15.3. The molecule has 0 radical (unpaired) electrons. The lowest BCUT2D eigenvalue weighted by Crippen LogP contribution is -2.46. The molecule has 2 fully saturated rings. The van der Waals surface area contributed by atoms with Crippen LogP contribution < -0.4 is 0 Å². The summed E-state index contributed by atoms with van der Waals surface area (Å²) in [6.07, 6.45) is 13.6. The van der Waals surface area contributed by atoms with Crippen LogP contribution in [-0.2, 0) is 18.7 Å². The van der Waals surface area contributed by atoms with Gasteiger partial charge in [0, 0.05) is 5.92 Å². The molecule has 4 nitrogen and oxygen atoms in total. The molecule has 2 aliphatic carbocycles. The zero-order valence-corrected chi connectivity index (χ0v) is 23.2. The van der Waals surface area contributed by atoms with Crippen molar-refractivity contribution in [3.8, 4) is 0 Å². The highest BCUT2D eigenvalue weighted by molar-refractivity contribution is 6.73. The monoisotopic (exact) mass is 476 g/mol.